The summed E-state index contributed by atoms with van der Waals surface area (Å²) < 4.78 is 2.02. The van der Waals surface area contributed by atoms with Crippen molar-refractivity contribution in [2.24, 2.45) is 0 Å². The van der Waals surface area contributed by atoms with E-state index in [0.717, 1.165) is 44.0 Å². The fourth-order valence-electron chi connectivity index (χ4n) is 4.02. The first kappa shape index (κ1) is 19.1. The average molecular weight is 357 g/mol. The van der Waals surface area contributed by atoms with Crippen LogP contribution in [0.5, 0.6) is 0 Å². The molecular weight excluding hydrogens is 324 g/mol. The zero-order chi connectivity index (χ0) is 18.4. The van der Waals surface area contributed by atoms with Crippen LogP contribution in [0.1, 0.15) is 62.2 Å². The standard InChI is InChI=1S/C21H32N4O/c1-17-22-18(2)25(23-17)15-9-4-3-8-12-20-13-14-21(26)24(20)16-19-10-6-5-7-11-19/h5-7,10-11,20-21,26H,3-4,8-9,12-16H2,1-2H3. The van der Waals surface area contributed by atoms with Crippen molar-refractivity contribution < 1.29 is 5.11 Å². The first-order chi connectivity index (χ1) is 12.6. The molecule has 1 aromatic heterocycles. The molecule has 1 aliphatic heterocycles. The van der Waals surface area contributed by atoms with Gasteiger partial charge in [-0.2, -0.15) is 5.10 Å². The van der Waals surface area contributed by atoms with Crippen molar-refractivity contribution in [1.82, 2.24) is 19.7 Å². The Morgan fingerprint density at radius 2 is 1.81 bits per heavy atom. The van der Waals surface area contributed by atoms with Crippen LogP contribution in [0.25, 0.3) is 0 Å². The van der Waals surface area contributed by atoms with E-state index >= 15 is 0 Å². The van der Waals surface area contributed by atoms with Crippen LogP contribution in [0, 0.1) is 13.8 Å². The molecule has 2 heterocycles. The van der Waals surface area contributed by atoms with Gasteiger partial charge in [0.1, 0.15) is 17.9 Å². The summed E-state index contributed by atoms with van der Waals surface area (Å²) in [6.45, 7) is 5.79. The molecule has 26 heavy (non-hydrogen) atoms. The van der Waals surface area contributed by atoms with Crippen LogP contribution in [0.15, 0.2) is 30.3 Å². The molecular formula is C21H32N4O. The summed E-state index contributed by atoms with van der Waals surface area (Å²) in [5.41, 5.74) is 1.29. The monoisotopic (exact) mass is 356 g/mol. The van der Waals surface area contributed by atoms with E-state index in [1.54, 1.807) is 0 Å². The molecule has 0 spiro atoms. The Labute approximate surface area is 157 Å². The Morgan fingerprint density at radius 1 is 1.04 bits per heavy atom. The SMILES string of the molecule is Cc1nc(C)n(CCCCCCC2CCC(O)N2Cc2ccccc2)n1. The number of aromatic nitrogens is 3. The number of aliphatic hydroxyl groups excluding tert-OH is 1. The number of likely N-dealkylation sites (tertiary alicyclic amines) is 1. The maximum Gasteiger partial charge on any atom is 0.147 e. The molecule has 0 bridgehead atoms. The summed E-state index contributed by atoms with van der Waals surface area (Å²) in [5, 5.41) is 14.7. The molecule has 1 N–H and O–H groups in total. The first-order valence-electron chi connectivity index (χ1n) is 9.99. The highest BCUT2D eigenvalue weighted by Crippen LogP contribution is 2.28. The molecule has 142 valence electrons. The van der Waals surface area contributed by atoms with E-state index in [0.29, 0.717) is 6.04 Å². The van der Waals surface area contributed by atoms with Gasteiger partial charge in [-0.25, -0.2) is 4.98 Å². The first-order valence-corrected chi connectivity index (χ1v) is 9.99. The zero-order valence-electron chi connectivity index (χ0n) is 16.1. The number of unbranched alkanes of at least 4 members (excludes halogenated alkanes) is 3. The second-order valence-corrected chi connectivity index (χ2v) is 7.50. The van der Waals surface area contributed by atoms with Gasteiger partial charge >= 0.3 is 0 Å². The van der Waals surface area contributed by atoms with Gasteiger partial charge in [-0.15, -0.1) is 0 Å². The van der Waals surface area contributed by atoms with E-state index in [-0.39, 0.29) is 6.23 Å². The topological polar surface area (TPSA) is 54.2 Å². The summed E-state index contributed by atoms with van der Waals surface area (Å²) in [6, 6.07) is 11.0. The molecule has 2 unspecified atom stereocenters. The minimum absolute atomic E-state index is 0.279. The van der Waals surface area contributed by atoms with Gasteiger partial charge in [0.15, 0.2) is 0 Å². The van der Waals surface area contributed by atoms with E-state index < -0.39 is 0 Å². The van der Waals surface area contributed by atoms with Gasteiger partial charge in [0.25, 0.3) is 0 Å². The average Bonchev–Trinajstić information content (AvgIpc) is 3.14. The van der Waals surface area contributed by atoms with Gasteiger partial charge in [0.2, 0.25) is 0 Å². The molecule has 1 saturated heterocycles. The van der Waals surface area contributed by atoms with Crippen molar-refractivity contribution in [1.29, 1.82) is 0 Å². The number of aryl methyl sites for hydroxylation is 3. The number of aliphatic hydroxyl groups is 1. The van der Waals surface area contributed by atoms with Crippen LogP contribution < -0.4 is 0 Å². The van der Waals surface area contributed by atoms with E-state index in [4.69, 9.17) is 0 Å². The summed E-state index contributed by atoms with van der Waals surface area (Å²) >= 11 is 0. The summed E-state index contributed by atoms with van der Waals surface area (Å²) in [6.07, 6.45) is 7.80. The van der Waals surface area contributed by atoms with Gasteiger partial charge in [-0.1, -0.05) is 49.6 Å². The van der Waals surface area contributed by atoms with Crippen LogP contribution in [-0.4, -0.2) is 37.0 Å². The second-order valence-electron chi connectivity index (χ2n) is 7.50. The third-order valence-corrected chi connectivity index (χ3v) is 5.44. The minimum atomic E-state index is -0.279. The summed E-state index contributed by atoms with van der Waals surface area (Å²) in [4.78, 5) is 6.64. The van der Waals surface area contributed by atoms with Crippen molar-refractivity contribution in [2.75, 3.05) is 0 Å². The smallest absolute Gasteiger partial charge is 0.147 e. The van der Waals surface area contributed by atoms with Gasteiger partial charge in [0.05, 0.1) is 0 Å². The highest BCUT2D eigenvalue weighted by molar-refractivity contribution is 5.15. The quantitative estimate of drug-likeness (QED) is 0.694. The predicted molar refractivity (Wildman–Crippen MR) is 104 cm³/mol. The molecule has 5 nitrogen and oxygen atoms in total. The third-order valence-electron chi connectivity index (χ3n) is 5.44. The third kappa shape index (κ3) is 5.15. The molecule has 3 rings (SSSR count). The maximum atomic E-state index is 10.3. The lowest BCUT2D eigenvalue weighted by Gasteiger charge is -2.27. The Morgan fingerprint density at radius 3 is 2.54 bits per heavy atom. The largest absolute Gasteiger partial charge is 0.378 e. The van der Waals surface area contributed by atoms with Crippen molar-refractivity contribution in [3.8, 4) is 0 Å². The van der Waals surface area contributed by atoms with E-state index in [1.807, 2.05) is 24.6 Å². The lowest BCUT2D eigenvalue weighted by molar-refractivity contribution is 0.00901. The van der Waals surface area contributed by atoms with E-state index in [9.17, 15) is 5.11 Å². The van der Waals surface area contributed by atoms with Crippen LogP contribution in [0.2, 0.25) is 0 Å². The van der Waals surface area contributed by atoms with Gasteiger partial charge in [0, 0.05) is 19.1 Å². The van der Waals surface area contributed by atoms with Crippen molar-refractivity contribution in [3.63, 3.8) is 0 Å². The molecule has 0 amide bonds. The molecule has 0 aliphatic carbocycles. The lowest BCUT2D eigenvalue weighted by Crippen LogP contribution is -2.35. The summed E-state index contributed by atoms with van der Waals surface area (Å²) in [7, 11) is 0. The Balaban J connectivity index is 1.36. The lowest BCUT2D eigenvalue weighted by atomic mass is 10.0. The second kappa shape index (κ2) is 9.28. The summed E-state index contributed by atoms with van der Waals surface area (Å²) in [5.74, 6) is 1.87. The maximum absolute atomic E-state index is 10.3. The van der Waals surface area contributed by atoms with E-state index in [2.05, 4.69) is 39.2 Å². The fourth-order valence-corrected chi connectivity index (χ4v) is 4.02. The number of nitrogens with zero attached hydrogens (tertiary/aromatic N) is 4. The Kier molecular flexibility index (Phi) is 6.80. The van der Waals surface area contributed by atoms with E-state index in [1.165, 1.54) is 31.2 Å². The molecule has 5 heteroatoms. The Bertz CT molecular complexity index is 670. The normalized spacial score (nSPS) is 20.7. The molecule has 2 atom stereocenters. The van der Waals surface area contributed by atoms with Crippen LogP contribution in [0.4, 0.5) is 0 Å². The predicted octanol–water partition coefficient (Wildman–Crippen LogP) is 3.83. The molecule has 1 aliphatic rings. The van der Waals surface area contributed by atoms with Gasteiger partial charge in [-0.05, 0) is 45.1 Å². The van der Waals surface area contributed by atoms with Crippen LogP contribution in [0.3, 0.4) is 0 Å². The van der Waals surface area contributed by atoms with Gasteiger partial charge < -0.3 is 5.11 Å². The van der Waals surface area contributed by atoms with Crippen molar-refractivity contribution in [2.45, 2.75) is 84.2 Å². The van der Waals surface area contributed by atoms with Crippen molar-refractivity contribution in [3.05, 3.63) is 47.5 Å². The van der Waals surface area contributed by atoms with Gasteiger partial charge in [-0.3, -0.25) is 9.58 Å². The molecule has 0 radical (unpaired) electrons. The Hall–Kier alpha value is -1.72. The number of benzene rings is 1. The highest BCUT2D eigenvalue weighted by atomic mass is 16.3. The number of rotatable bonds is 9. The molecule has 2 aromatic rings. The van der Waals surface area contributed by atoms with Crippen LogP contribution in [-0.2, 0) is 13.1 Å². The highest BCUT2D eigenvalue weighted by Gasteiger charge is 2.31. The zero-order valence-corrected chi connectivity index (χ0v) is 16.1. The fraction of sp³-hybridized carbons (Fsp3) is 0.619. The number of hydrogen-bond donors (Lipinski definition) is 1. The minimum Gasteiger partial charge on any atom is -0.378 e. The molecule has 1 fully saturated rings. The molecule has 0 saturated carbocycles. The molecule has 1 aromatic carbocycles. The van der Waals surface area contributed by atoms with Crippen molar-refractivity contribution >= 4 is 0 Å². The van der Waals surface area contributed by atoms with Crippen LogP contribution >= 0.6 is 0 Å². The number of hydrogen-bond acceptors (Lipinski definition) is 4.